The van der Waals surface area contributed by atoms with Crippen molar-refractivity contribution in [2.24, 2.45) is 0 Å². The highest BCUT2D eigenvalue weighted by Gasteiger charge is 2.45. The van der Waals surface area contributed by atoms with Crippen LogP contribution in [-0.2, 0) is 19.0 Å². The highest BCUT2D eigenvalue weighted by Crippen LogP contribution is 2.22. The molecule has 6 nitrogen and oxygen atoms in total. The van der Waals surface area contributed by atoms with Crippen molar-refractivity contribution in [3.8, 4) is 0 Å². The molecule has 2 aliphatic rings. The van der Waals surface area contributed by atoms with Gasteiger partial charge in [0.1, 0.15) is 6.10 Å². The third kappa shape index (κ3) is 1.09. The molecular weight excluding hydrogens is 168 g/mol. The molecule has 2 rings (SSSR count). The second-order valence-corrected chi connectivity index (χ2v) is 2.65. The zero-order valence-electron chi connectivity index (χ0n) is 6.04. The van der Waals surface area contributed by atoms with Gasteiger partial charge in [0.15, 0.2) is 6.10 Å². The minimum absolute atomic E-state index is 0.0952. The van der Waals surface area contributed by atoms with Crippen LogP contribution in [0.1, 0.15) is 0 Å². The van der Waals surface area contributed by atoms with E-state index in [0.29, 0.717) is 0 Å². The predicted molar refractivity (Wildman–Crippen MR) is 32.7 cm³/mol. The quantitative estimate of drug-likeness (QED) is 0.414. The Bertz CT molecular complexity index is 204. The minimum Gasteiger partial charge on any atom is -0.428 e. The molecule has 2 N–H and O–H groups in total. The lowest BCUT2D eigenvalue weighted by Gasteiger charge is -2.15. The molecule has 4 atom stereocenters. The first kappa shape index (κ1) is 7.93. The molecule has 2 aliphatic heterocycles. The number of carbonyl (C=O) groups is 1. The van der Waals surface area contributed by atoms with Gasteiger partial charge < -0.3 is 24.4 Å². The van der Waals surface area contributed by atoms with E-state index in [9.17, 15) is 9.90 Å². The number of cyclic esters (lactones) is 1. The fourth-order valence-electron chi connectivity index (χ4n) is 1.15. The van der Waals surface area contributed by atoms with Crippen LogP contribution in [-0.4, -0.2) is 47.6 Å². The van der Waals surface area contributed by atoms with Gasteiger partial charge in [0.05, 0.1) is 6.61 Å². The number of fused-ring (bicyclic) bond motifs is 2. The summed E-state index contributed by atoms with van der Waals surface area (Å²) >= 11 is 0. The van der Waals surface area contributed by atoms with Gasteiger partial charge in [-0.25, -0.2) is 4.79 Å². The molecule has 0 radical (unpaired) electrons. The molecule has 0 aromatic heterocycles. The molecule has 0 spiro atoms. The first-order valence-corrected chi connectivity index (χ1v) is 3.52. The minimum atomic E-state index is -1.44. The second kappa shape index (κ2) is 2.67. The Kier molecular flexibility index (Phi) is 1.76. The SMILES string of the molecule is O=C1OC(O)C2OCC(O2)C1O. The first-order valence-electron chi connectivity index (χ1n) is 3.52. The Morgan fingerprint density at radius 1 is 1.42 bits per heavy atom. The Hall–Kier alpha value is -0.690. The summed E-state index contributed by atoms with van der Waals surface area (Å²) in [7, 11) is 0. The van der Waals surface area contributed by atoms with Crippen LogP contribution < -0.4 is 0 Å². The third-order valence-electron chi connectivity index (χ3n) is 1.80. The summed E-state index contributed by atoms with van der Waals surface area (Å²) in [6.07, 6.45) is -4.50. The fraction of sp³-hybridized carbons (Fsp3) is 0.833. The zero-order valence-corrected chi connectivity index (χ0v) is 6.04. The van der Waals surface area contributed by atoms with Gasteiger partial charge in [0.2, 0.25) is 6.29 Å². The van der Waals surface area contributed by atoms with Crippen molar-refractivity contribution in [2.75, 3.05) is 6.61 Å². The van der Waals surface area contributed by atoms with E-state index in [2.05, 4.69) is 4.74 Å². The molecule has 68 valence electrons. The highest BCUT2D eigenvalue weighted by molar-refractivity contribution is 5.75. The van der Waals surface area contributed by atoms with Crippen molar-refractivity contribution < 1.29 is 29.2 Å². The Balaban J connectivity index is 2.18. The van der Waals surface area contributed by atoms with E-state index in [1.807, 2.05) is 0 Å². The summed E-state index contributed by atoms with van der Waals surface area (Å²) in [6, 6.07) is 0. The number of aliphatic hydroxyl groups is 2. The molecule has 2 bridgehead atoms. The Morgan fingerprint density at radius 3 is 2.92 bits per heavy atom. The average molecular weight is 176 g/mol. The van der Waals surface area contributed by atoms with Gasteiger partial charge in [-0.15, -0.1) is 0 Å². The first-order chi connectivity index (χ1) is 5.68. The van der Waals surface area contributed by atoms with E-state index in [0.717, 1.165) is 0 Å². The van der Waals surface area contributed by atoms with Crippen LogP contribution in [0.4, 0.5) is 0 Å². The molecule has 2 heterocycles. The number of esters is 1. The van der Waals surface area contributed by atoms with Crippen molar-refractivity contribution in [2.45, 2.75) is 24.8 Å². The lowest BCUT2D eigenvalue weighted by Crippen LogP contribution is -2.37. The van der Waals surface area contributed by atoms with Crippen molar-refractivity contribution in [1.29, 1.82) is 0 Å². The smallest absolute Gasteiger partial charge is 0.340 e. The summed E-state index contributed by atoms with van der Waals surface area (Å²) in [5.74, 6) is -0.877. The van der Waals surface area contributed by atoms with Gasteiger partial charge in [-0.2, -0.15) is 0 Å². The lowest BCUT2D eigenvalue weighted by atomic mass is 10.2. The fourth-order valence-corrected chi connectivity index (χ4v) is 1.15. The predicted octanol–water partition coefficient (Wildman–Crippen LogP) is -2.04. The molecule has 4 unspecified atom stereocenters. The summed E-state index contributed by atoms with van der Waals surface area (Å²) in [6.45, 7) is 0.0952. The summed E-state index contributed by atoms with van der Waals surface area (Å²) in [5, 5.41) is 18.2. The van der Waals surface area contributed by atoms with Crippen molar-refractivity contribution >= 4 is 5.97 Å². The van der Waals surface area contributed by atoms with Gasteiger partial charge in [-0.1, -0.05) is 0 Å². The zero-order chi connectivity index (χ0) is 8.72. The summed E-state index contributed by atoms with van der Waals surface area (Å²) < 4.78 is 14.2. The molecular formula is C6H8O6. The normalized spacial score (nSPS) is 47.0. The molecule has 0 aliphatic carbocycles. The molecule has 0 saturated carbocycles. The maximum atomic E-state index is 10.8. The number of hydrogen-bond acceptors (Lipinski definition) is 6. The van der Waals surface area contributed by atoms with Gasteiger partial charge in [0, 0.05) is 0 Å². The second-order valence-electron chi connectivity index (χ2n) is 2.65. The van der Waals surface area contributed by atoms with Crippen molar-refractivity contribution in [3.05, 3.63) is 0 Å². The van der Waals surface area contributed by atoms with Crippen LogP contribution >= 0.6 is 0 Å². The average Bonchev–Trinajstić information content (AvgIpc) is 2.47. The van der Waals surface area contributed by atoms with E-state index in [-0.39, 0.29) is 6.61 Å². The molecule has 12 heavy (non-hydrogen) atoms. The maximum absolute atomic E-state index is 10.8. The number of rotatable bonds is 0. The lowest BCUT2D eigenvalue weighted by molar-refractivity contribution is -0.220. The van der Waals surface area contributed by atoms with E-state index >= 15 is 0 Å². The van der Waals surface area contributed by atoms with Gasteiger partial charge in [-0.05, 0) is 0 Å². The van der Waals surface area contributed by atoms with Crippen molar-refractivity contribution in [1.82, 2.24) is 0 Å². The summed E-state index contributed by atoms with van der Waals surface area (Å²) in [5.41, 5.74) is 0. The molecule has 2 saturated heterocycles. The number of carbonyl (C=O) groups excluding carboxylic acids is 1. The van der Waals surface area contributed by atoms with Crippen LogP contribution in [0.2, 0.25) is 0 Å². The van der Waals surface area contributed by atoms with E-state index in [4.69, 9.17) is 14.6 Å². The van der Waals surface area contributed by atoms with Crippen LogP contribution in [0.3, 0.4) is 0 Å². The van der Waals surface area contributed by atoms with E-state index in [1.54, 1.807) is 0 Å². The number of ether oxygens (including phenoxy) is 3. The molecule has 2 fully saturated rings. The molecule has 6 heteroatoms. The largest absolute Gasteiger partial charge is 0.428 e. The molecule has 0 amide bonds. The highest BCUT2D eigenvalue weighted by atomic mass is 16.8. The topological polar surface area (TPSA) is 85.2 Å². The van der Waals surface area contributed by atoms with Crippen LogP contribution in [0.5, 0.6) is 0 Å². The standard InChI is InChI=1S/C6H8O6/c7-3-2-1-10-6(11-2)5(9)12-4(3)8/h2-3,5-7,9H,1H2. The maximum Gasteiger partial charge on any atom is 0.340 e. The Labute approximate surface area is 67.6 Å². The molecule has 0 aromatic carbocycles. The van der Waals surface area contributed by atoms with Gasteiger partial charge in [0.25, 0.3) is 6.29 Å². The number of aliphatic hydroxyl groups excluding tert-OH is 2. The number of hydrogen-bond donors (Lipinski definition) is 2. The van der Waals surface area contributed by atoms with E-state index in [1.165, 1.54) is 0 Å². The van der Waals surface area contributed by atoms with Crippen LogP contribution in [0, 0.1) is 0 Å². The van der Waals surface area contributed by atoms with Crippen LogP contribution in [0.15, 0.2) is 0 Å². The van der Waals surface area contributed by atoms with Gasteiger partial charge in [-0.3, -0.25) is 0 Å². The summed E-state index contributed by atoms with van der Waals surface area (Å²) in [4.78, 5) is 10.8. The monoisotopic (exact) mass is 176 g/mol. The van der Waals surface area contributed by atoms with Crippen molar-refractivity contribution in [3.63, 3.8) is 0 Å². The molecule has 0 aromatic rings. The van der Waals surface area contributed by atoms with Crippen LogP contribution in [0.25, 0.3) is 0 Å². The third-order valence-corrected chi connectivity index (χ3v) is 1.80. The Morgan fingerprint density at radius 2 is 2.17 bits per heavy atom. The van der Waals surface area contributed by atoms with E-state index < -0.39 is 30.8 Å². The van der Waals surface area contributed by atoms with Gasteiger partial charge >= 0.3 is 5.97 Å².